The third-order valence-corrected chi connectivity index (χ3v) is 5.30. The van der Waals surface area contributed by atoms with Gasteiger partial charge in [-0.2, -0.15) is 0 Å². The maximum atomic E-state index is 12.8. The van der Waals surface area contributed by atoms with Crippen LogP contribution < -0.4 is 0 Å². The molecule has 1 atom stereocenters. The summed E-state index contributed by atoms with van der Waals surface area (Å²) in [5, 5.41) is 1.24. The fraction of sp³-hybridized carbons (Fsp3) is 0.318. The second kappa shape index (κ2) is 6.40. The van der Waals surface area contributed by atoms with Crippen LogP contribution in [0.1, 0.15) is 35.6 Å². The second-order valence-corrected chi connectivity index (χ2v) is 7.13. The van der Waals surface area contributed by atoms with Gasteiger partial charge in [-0.05, 0) is 36.5 Å². The van der Waals surface area contributed by atoms with Gasteiger partial charge >= 0.3 is 0 Å². The van der Waals surface area contributed by atoms with Crippen molar-refractivity contribution in [2.45, 2.75) is 31.7 Å². The fourth-order valence-corrected chi connectivity index (χ4v) is 4.16. The number of hydrogen-bond acceptors (Lipinski definition) is 1. The van der Waals surface area contributed by atoms with Gasteiger partial charge in [-0.3, -0.25) is 4.79 Å². The van der Waals surface area contributed by atoms with E-state index in [1.807, 2.05) is 14.1 Å². The quantitative estimate of drug-likeness (QED) is 0.706. The molecular weight excluding hydrogens is 308 g/mol. The molecule has 1 unspecified atom stereocenters. The number of para-hydroxylation sites is 1. The first-order valence-electron chi connectivity index (χ1n) is 9.02. The number of hydrogen-bond donors (Lipinski definition) is 0. The molecule has 1 aliphatic carbocycles. The SMILES string of the molecule is CN(C)C(=O)C1CCCc2c1c1ccccc1n2Cc1ccccc1. The van der Waals surface area contributed by atoms with Crippen molar-refractivity contribution in [2.24, 2.45) is 0 Å². The minimum absolute atomic E-state index is 0.0133. The molecule has 0 bridgehead atoms. The number of amides is 1. The normalized spacial score (nSPS) is 16.6. The van der Waals surface area contributed by atoms with Crippen LogP contribution in [-0.2, 0) is 17.8 Å². The zero-order valence-corrected chi connectivity index (χ0v) is 14.9. The molecule has 1 aliphatic rings. The van der Waals surface area contributed by atoms with Crippen LogP contribution in [0.3, 0.4) is 0 Å². The number of fused-ring (bicyclic) bond motifs is 3. The molecule has 1 heterocycles. The third-order valence-electron chi connectivity index (χ3n) is 5.30. The average molecular weight is 332 g/mol. The summed E-state index contributed by atoms with van der Waals surface area (Å²) in [6.45, 7) is 0.861. The molecule has 0 fully saturated rings. The molecule has 3 aromatic rings. The number of carbonyl (C=O) groups is 1. The van der Waals surface area contributed by atoms with E-state index >= 15 is 0 Å². The number of nitrogens with zero attached hydrogens (tertiary/aromatic N) is 2. The summed E-state index contributed by atoms with van der Waals surface area (Å²) in [7, 11) is 3.72. The maximum Gasteiger partial charge on any atom is 0.229 e. The van der Waals surface area contributed by atoms with E-state index in [0.29, 0.717) is 0 Å². The van der Waals surface area contributed by atoms with E-state index in [1.165, 1.54) is 27.7 Å². The van der Waals surface area contributed by atoms with Crippen molar-refractivity contribution in [3.8, 4) is 0 Å². The summed E-state index contributed by atoms with van der Waals surface area (Å²) in [6, 6.07) is 19.1. The lowest BCUT2D eigenvalue weighted by Crippen LogP contribution is -2.30. The maximum absolute atomic E-state index is 12.8. The Kier molecular flexibility index (Phi) is 4.08. The monoisotopic (exact) mass is 332 g/mol. The van der Waals surface area contributed by atoms with Gasteiger partial charge < -0.3 is 9.47 Å². The van der Waals surface area contributed by atoms with Crippen LogP contribution in [0.5, 0.6) is 0 Å². The second-order valence-electron chi connectivity index (χ2n) is 7.13. The van der Waals surface area contributed by atoms with E-state index < -0.39 is 0 Å². The van der Waals surface area contributed by atoms with Crippen LogP contribution in [0, 0.1) is 0 Å². The molecule has 128 valence electrons. The molecule has 2 aromatic carbocycles. The Balaban J connectivity index is 1.89. The van der Waals surface area contributed by atoms with Crippen LogP contribution in [0.25, 0.3) is 10.9 Å². The van der Waals surface area contributed by atoms with Gasteiger partial charge in [0.25, 0.3) is 0 Å². The summed E-state index contributed by atoms with van der Waals surface area (Å²) >= 11 is 0. The molecule has 4 rings (SSSR count). The van der Waals surface area contributed by atoms with Crippen molar-refractivity contribution in [3.05, 3.63) is 71.4 Å². The fourth-order valence-electron chi connectivity index (χ4n) is 4.16. The zero-order valence-electron chi connectivity index (χ0n) is 14.9. The summed E-state index contributed by atoms with van der Waals surface area (Å²) in [5.41, 5.74) is 5.15. The van der Waals surface area contributed by atoms with Crippen LogP contribution in [0.15, 0.2) is 54.6 Å². The summed E-state index contributed by atoms with van der Waals surface area (Å²) < 4.78 is 2.43. The zero-order chi connectivity index (χ0) is 17.4. The van der Waals surface area contributed by atoms with E-state index in [0.717, 1.165) is 25.8 Å². The predicted molar refractivity (Wildman–Crippen MR) is 102 cm³/mol. The molecule has 3 heteroatoms. The van der Waals surface area contributed by atoms with Crippen LogP contribution in [0.4, 0.5) is 0 Å². The minimum Gasteiger partial charge on any atom is -0.348 e. The molecule has 1 aromatic heterocycles. The first kappa shape index (κ1) is 15.9. The first-order valence-corrected chi connectivity index (χ1v) is 9.02. The Hall–Kier alpha value is -2.55. The Morgan fingerprint density at radius 1 is 1.08 bits per heavy atom. The molecule has 0 radical (unpaired) electrons. The highest BCUT2D eigenvalue weighted by Crippen LogP contribution is 2.40. The largest absolute Gasteiger partial charge is 0.348 e. The topological polar surface area (TPSA) is 25.2 Å². The van der Waals surface area contributed by atoms with E-state index in [-0.39, 0.29) is 11.8 Å². The van der Waals surface area contributed by atoms with E-state index in [4.69, 9.17) is 0 Å². The Morgan fingerprint density at radius 2 is 1.80 bits per heavy atom. The van der Waals surface area contributed by atoms with E-state index in [1.54, 1.807) is 4.90 Å². The lowest BCUT2D eigenvalue weighted by atomic mass is 9.84. The Morgan fingerprint density at radius 3 is 2.56 bits per heavy atom. The van der Waals surface area contributed by atoms with Crippen LogP contribution >= 0.6 is 0 Å². The minimum atomic E-state index is -0.0133. The molecule has 0 spiro atoms. The highest BCUT2D eigenvalue weighted by Gasteiger charge is 2.32. The van der Waals surface area contributed by atoms with Gasteiger partial charge in [-0.25, -0.2) is 0 Å². The lowest BCUT2D eigenvalue weighted by Gasteiger charge is -2.26. The predicted octanol–water partition coefficient (Wildman–Crippen LogP) is 4.20. The smallest absolute Gasteiger partial charge is 0.229 e. The number of rotatable bonds is 3. The summed E-state index contributed by atoms with van der Waals surface area (Å²) in [6.07, 6.45) is 3.07. The molecule has 0 aliphatic heterocycles. The van der Waals surface area contributed by atoms with Crippen molar-refractivity contribution < 1.29 is 4.79 Å². The molecule has 25 heavy (non-hydrogen) atoms. The number of carbonyl (C=O) groups excluding carboxylic acids is 1. The van der Waals surface area contributed by atoms with Gasteiger partial charge in [-0.1, -0.05) is 48.5 Å². The van der Waals surface area contributed by atoms with Crippen molar-refractivity contribution in [1.82, 2.24) is 9.47 Å². The Bertz CT molecular complexity index is 908. The molecule has 0 saturated heterocycles. The van der Waals surface area contributed by atoms with Crippen molar-refractivity contribution >= 4 is 16.8 Å². The molecule has 3 nitrogen and oxygen atoms in total. The standard InChI is InChI=1S/C22H24N2O/c1-23(2)22(25)18-12-8-14-20-21(18)17-11-6-7-13-19(17)24(20)15-16-9-4-3-5-10-16/h3-7,9-11,13,18H,8,12,14-15H2,1-2H3. The molecular formula is C22H24N2O. The van der Waals surface area contributed by atoms with Gasteiger partial charge in [0.05, 0.1) is 5.92 Å². The van der Waals surface area contributed by atoms with Crippen molar-refractivity contribution in [2.75, 3.05) is 14.1 Å². The van der Waals surface area contributed by atoms with Crippen molar-refractivity contribution in [1.29, 1.82) is 0 Å². The van der Waals surface area contributed by atoms with Crippen molar-refractivity contribution in [3.63, 3.8) is 0 Å². The Labute approximate surface area is 148 Å². The number of benzene rings is 2. The molecule has 0 saturated carbocycles. The highest BCUT2D eigenvalue weighted by atomic mass is 16.2. The van der Waals surface area contributed by atoms with Gasteiger partial charge in [0, 0.05) is 37.2 Å². The van der Waals surface area contributed by atoms with Gasteiger partial charge in [-0.15, -0.1) is 0 Å². The van der Waals surface area contributed by atoms with Crippen LogP contribution in [-0.4, -0.2) is 29.5 Å². The summed E-state index contributed by atoms with van der Waals surface area (Å²) in [4.78, 5) is 14.5. The molecule has 0 N–H and O–H groups in total. The van der Waals surface area contributed by atoms with Gasteiger partial charge in [0.15, 0.2) is 0 Å². The average Bonchev–Trinajstić information content (AvgIpc) is 2.96. The lowest BCUT2D eigenvalue weighted by molar-refractivity contribution is -0.130. The van der Waals surface area contributed by atoms with E-state index in [2.05, 4.69) is 59.2 Å². The molecule has 1 amide bonds. The summed E-state index contributed by atoms with van der Waals surface area (Å²) in [5.74, 6) is 0.212. The number of aromatic nitrogens is 1. The highest BCUT2D eigenvalue weighted by molar-refractivity contribution is 5.94. The third kappa shape index (κ3) is 2.74. The number of likely N-dealkylation sites (N-methyl/N-ethyl adjacent to an activating group) is 1. The van der Waals surface area contributed by atoms with Crippen LogP contribution in [0.2, 0.25) is 0 Å². The van der Waals surface area contributed by atoms with Gasteiger partial charge in [0.2, 0.25) is 5.91 Å². The van der Waals surface area contributed by atoms with E-state index in [9.17, 15) is 4.79 Å². The van der Waals surface area contributed by atoms with Gasteiger partial charge in [0.1, 0.15) is 0 Å². The first-order chi connectivity index (χ1) is 12.2.